The number of rotatable bonds is 2. The van der Waals surface area contributed by atoms with Gasteiger partial charge < -0.3 is 5.73 Å². The van der Waals surface area contributed by atoms with Crippen LogP contribution in [0.1, 0.15) is 31.0 Å². The van der Waals surface area contributed by atoms with Gasteiger partial charge in [-0.15, -0.1) is 0 Å². The van der Waals surface area contributed by atoms with E-state index in [-0.39, 0.29) is 12.0 Å². The van der Waals surface area contributed by atoms with Crippen LogP contribution < -0.4 is 5.73 Å². The summed E-state index contributed by atoms with van der Waals surface area (Å²) >= 11 is 0. The molecule has 78 valence electrons. The minimum absolute atomic E-state index is 0.162. The Hall–Kier alpha value is -0.960. The maximum Gasteiger partial charge on any atom is 0.129 e. The van der Waals surface area contributed by atoms with Crippen molar-refractivity contribution < 1.29 is 8.78 Å². The van der Waals surface area contributed by atoms with Crippen molar-refractivity contribution in [3.63, 3.8) is 0 Å². The number of nitrogens with two attached hydrogens (primary N) is 1. The summed E-state index contributed by atoms with van der Waals surface area (Å²) in [5.74, 6) is -0.940. The van der Waals surface area contributed by atoms with Crippen LogP contribution in [-0.2, 0) is 0 Å². The first-order valence-corrected chi connectivity index (χ1v) is 4.64. The Kier molecular flexibility index (Phi) is 3.21. The molecule has 0 aliphatic rings. The summed E-state index contributed by atoms with van der Waals surface area (Å²) in [5.41, 5.74) is 6.83. The summed E-state index contributed by atoms with van der Waals surface area (Å²) in [4.78, 5) is 0. The van der Waals surface area contributed by atoms with Gasteiger partial charge in [0.15, 0.2) is 0 Å². The molecule has 0 saturated carbocycles. The Morgan fingerprint density at radius 3 is 2.29 bits per heavy atom. The van der Waals surface area contributed by atoms with Crippen molar-refractivity contribution in [1.82, 2.24) is 0 Å². The molecule has 0 fully saturated rings. The fourth-order valence-electron chi connectivity index (χ4n) is 1.37. The van der Waals surface area contributed by atoms with Gasteiger partial charge in [-0.1, -0.05) is 13.8 Å². The largest absolute Gasteiger partial charge is 0.324 e. The van der Waals surface area contributed by atoms with E-state index in [1.54, 1.807) is 6.92 Å². The van der Waals surface area contributed by atoms with Gasteiger partial charge in [-0.05, 0) is 30.0 Å². The lowest BCUT2D eigenvalue weighted by Crippen LogP contribution is -2.18. The van der Waals surface area contributed by atoms with Crippen molar-refractivity contribution in [1.29, 1.82) is 0 Å². The van der Waals surface area contributed by atoms with E-state index in [0.717, 1.165) is 6.07 Å². The summed E-state index contributed by atoms with van der Waals surface area (Å²) in [6.07, 6.45) is 0. The van der Waals surface area contributed by atoms with Crippen LogP contribution in [-0.4, -0.2) is 0 Å². The standard InChI is InChI=1S/C11H15F2N/c1-6(2)11(14)9-4-8(12)5-10(13)7(9)3/h4-6,11H,14H2,1-3H3/t11-/m0/s1. The lowest BCUT2D eigenvalue weighted by molar-refractivity contribution is 0.498. The summed E-state index contributed by atoms with van der Waals surface area (Å²) in [5, 5.41) is 0. The molecule has 0 aliphatic carbocycles. The predicted molar refractivity (Wildman–Crippen MR) is 52.9 cm³/mol. The van der Waals surface area contributed by atoms with Crippen LogP contribution in [0.25, 0.3) is 0 Å². The average molecular weight is 199 g/mol. The molecule has 1 nitrogen and oxygen atoms in total. The van der Waals surface area contributed by atoms with Gasteiger partial charge in [0, 0.05) is 12.1 Å². The van der Waals surface area contributed by atoms with Gasteiger partial charge in [-0.2, -0.15) is 0 Å². The first-order chi connectivity index (χ1) is 6.43. The summed E-state index contributed by atoms with van der Waals surface area (Å²) in [7, 11) is 0. The van der Waals surface area contributed by atoms with E-state index >= 15 is 0 Å². The highest BCUT2D eigenvalue weighted by Gasteiger charge is 2.16. The fraction of sp³-hybridized carbons (Fsp3) is 0.455. The van der Waals surface area contributed by atoms with Crippen molar-refractivity contribution in [3.05, 3.63) is 34.9 Å². The van der Waals surface area contributed by atoms with E-state index in [1.807, 2.05) is 13.8 Å². The molecule has 0 spiro atoms. The van der Waals surface area contributed by atoms with Crippen molar-refractivity contribution in [3.8, 4) is 0 Å². The van der Waals surface area contributed by atoms with E-state index in [0.29, 0.717) is 11.1 Å². The maximum absolute atomic E-state index is 13.2. The topological polar surface area (TPSA) is 26.0 Å². The third kappa shape index (κ3) is 2.10. The smallest absolute Gasteiger partial charge is 0.129 e. The second-order valence-electron chi connectivity index (χ2n) is 3.87. The van der Waals surface area contributed by atoms with Crippen LogP contribution in [0.4, 0.5) is 8.78 Å². The van der Waals surface area contributed by atoms with E-state index in [1.165, 1.54) is 6.07 Å². The van der Waals surface area contributed by atoms with Crippen molar-refractivity contribution in [2.45, 2.75) is 26.8 Å². The quantitative estimate of drug-likeness (QED) is 0.778. The Labute approximate surface area is 82.9 Å². The van der Waals surface area contributed by atoms with Crippen molar-refractivity contribution >= 4 is 0 Å². The lowest BCUT2D eigenvalue weighted by atomic mass is 9.93. The molecule has 0 aliphatic heterocycles. The molecule has 1 aromatic carbocycles. The number of hydrogen-bond donors (Lipinski definition) is 1. The summed E-state index contributed by atoms with van der Waals surface area (Å²) < 4.78 is 26.1. The molecule has 0 bridgehead atoms. The fourth-order valence-corrected chi connectivity index (χ4v) is 1.37. The highest BCUT2D eigenvalue weighted by molar-refractivity contribution is 5.31. The monoisotopic (exact) mass is 199 g/mol. The van der Waals surface area contributed by atoms with Gasteiger partial charge in [0.25, 0.3) is 0 Å². The molecule has 0 heterocycles. The second-order valence-corrected chi connectivity index (χ2v) is 3.87. The average Bonchev–Trinajstić information content (AvgIpc) is 2.09. The Bertz CT molecular complexity index is 334. The Morgan fingerprint density at radius 1 is 1.21 bits per heavy atom. The van der Waals surface area contributed by atoms with Crippen LogP contribution >= 0.6 is 0 Å². The highest BCUT2D eigenvalue weighted by atomic mass is 19.1. The van der Waals surface area contributed by atoms with Gasteiger partial charge in [0.05, 0.1) is 0 Å². The van der Waals surface area contributed by atoms with E-state index in [9.17, 15) is 8.78 Å². The number of hydrogen-bond acceptors (Lipinski definition) is 1. The van der Waals surface area contributed by atoms with Gasteiger partial charge in [-0.3, -0.25) is 0 Å². The van der Waals surface area contributed by atoms with E-state index < -0.39 is 11.6 Å². The minimum atomic E-state index is -0.570. The van der Waals surface area contributed by atoms with Crippen LogP contribution in [0.5, 0.6) is 0 Å². The number of benzene rings is 1. The number of halogens is 2. The first kappa shape index (κ1) is 11.1. The zero-order chi connectivity index (χ0) is 10.9. The Morgan fingerprint density at radius 2 is 1.79 bits per heavy atom. The molecule has 1 atom stereocenters. The normalized spacial score (nSPS) is 13.4. The summed E-state index contributed by atoms with van der Waals surface area (Å²) in [6, 6.07) is 1.87. The third-order valence-corrected chi connectivity index (χ3v) is 2.43. The van der Waals surface area contributed by atoms with Gasteiger partial charge >= 0.3 is 0 Å². The molecular formula is C11H15F2N. The molecule has 0 unspecified atom stereocenters. The van der Waals surface area contributed by atoms with Crippen LogP contribution in [0.15, 0.2) is 12.1 Å². The lowest BCUT2D eigenvalue weighted by Gasteiger charge is -2.18. The molecule has 0 saturated heterocycles. The Balaban J connectivity index is 3.20. The van der Waals surface area contributed by atoms with Crippen molar-refractivity contribution in [2.75, 3.05) is 0 Å². The molecular weight excluding hydrogens is 184 g/mol. The van der Waals surface area contributed by atoms with Crippen molar-refractivity contribution in [2.24, 2.45) is 11.7 Å². The molecule has 1 aromatic rings. The zero-order valence-corrected chi connectivity index (χ0v) is 8.64. The predicted octanol–water partition coefficient (Wildman–Crippen LogP) is 2.93. The molecule has 14 heavy (non-hydrogen) atoms. The first-order valence-electron chi connectivity index (χ1n) is 4.64. The van der Waals surface area contributed by atoms with Crippen LogP contribution in [0, 0.1) is 24.5 Å². The highest BCUT2D eigenvalue weighted by Crippen LogP contribution is 2.24. The third-order valence-electron chi connectivity index (χ3n) is 2.43. The van der Waals surface area contributed by atoms with E-state index in [2.05, 4.69) is 0 Å². The van der Waals surface area contributed by atoms with Gasteiger partial charge in [-0.25, -0.2) is 8.78 Å². The SMILES string of the molecule is Cc1c(F)cc(F)cc1[C@@H](N)C(C)C. The second kappa shape index (κ2) is 4.05. The maximum atomic E-state index is 13.2. The van der Waals surface area contributed by atoms with E-state index in [4.69, 9.17) is 5.73 Å². The molecule has 0 amide bonds. The minimum Gasteiger partial charge on any atom is -0.324 e. The molecule has 3 heteroatoms. The van der Waals surface area contributed by atoms with Gasteiger partial charge in [0.1, 0.15) is 11.6 Å². The molecule has 0 radical (unpaired) electrons. The molecule has 1 rings (SSSR count). The summed E-state index contributed by atoms with van der Waals surface area (Å²) in [6.45, 7) is 5.46. The zero-order valence-electron chi connectivity index (χ0n) is 8.64. The van der Waals surface area contributed by atoms with Crippen LogP contribution in [0.2, 0.25) is 0 Å². The van der Waals surface area contributed by atoms with Crippen LogP contribution in [0.3, 0.4) is 0 Å². The molecule has 0 aromatic heterocycles. The molecule has 2 N–H and O–H groups in total. The van der Waals surface area contributed by atoms with Gasteiger partial charge in [0.2, 0.25) is 0 Å².